The molecule has 128 valence electrons. The van der Waals surface area contributed by atoms with Gasteiger partial charge in [0.2, 0.25) is 0 Å². The molecule has 1 N–H and O–H groups in total. The molecule has 1 aliphatic heterocycles. The SMILES string of the molecule is COc1ccc(/C=C2/SC(=Nc3ccc(C)cc3C)NC2=O)cc1I. The number of amidine groups is 1. The minimum atomic E-state index is -0.126. The van der Waals surface area contributed by atoms with E-state index in [1.807, 2.05) is 50.3 Å². The summed E-state index contributed by atoms with van der Waals surface area (Å²) in [7, 11) is 1.64. The zero-order chi connectivity index (χ0) is 18.0. The van der Waals surface area contributed by atoms with Gasteiger partial charge < -0.3 is 10.1 Å². The average Bonchev–Trinajstić information content (AvgIpc) is 2.90. The smallest absolute Gasteiger partial charge is 0.264 e. The molecule has 0 unspecified atom stereocenters. The van der Waals surface area contributed by atoms with Gasteiger partial charge in [-0.3, -0.25) is 4.79 Å². The number of ether oxygens (including phenoxy) is 1. The molecule has 1 heterocycles. The Bertz CT molecular complexity index is 906. The predicted octanol–water partition coefficient (Wildman–Crippen LogP) is 4.81. The fourth-order valence-corrected chi connectivity index (χ4v) is 4.04. The summed E-state index contributed by atoms with van der Waals surface area (Å²) >= 11 is 3.57. The third-order valence-electron chi connectivity index (χ3n) is 3.70. The van der Waals surface area contributed by atoms with Gasteiger partial charge in [-0.25, -0.2) is 4.99 Å². The molecule has 6 heteroatoms. The van der Waals surface area contributed by atoms with Crippen molar-refractivity contribution in [2.45, 2.75) is 13.8 Å². The molecule has 2 aromatic carbocycles. The highest BCUT2D eigenvalue weighted by Crippen LogP contribution is 2.30. The average molecular weight is 464 g/mol. The Hall–Kier alpha value is -1.80. The summed E-state index contributed by atoms with van der Waals surface area (Å²) in [5.41, 5.74) is 4.10. The van der Waals surface area contributed by atoms with Crippen LogP contribution in [0.1, 0.15) is 16.7 Å². The number of methoxy groups -OCH3 is 1. The largest absolute Gasteiger partial charge is 0.496 e. The fraction of sp³-hybridized carbons (Fsp3) is 0.158. The van der Waals surface area contributed by atoms with Crippen LogP contribution in [0.25, 0.3) is 6.08 Å². The van der Waals surface area contributed by atoms with E-state index in [1.165, 1.54) is 17.3 Å². The van der Waals surface area contributed by atoms with Crippen LogP contribution in [0.5, 0.6) is 5.75 Å². The maximum Gasteiger partial charge on any atom is 0.264 e. The number of hydrogen-bond donors (Lipinski definition) is 1. The van der Waals surface area contributed by atoms with Crippen molar-refractivity contribution in [1.82, 2.24) is 5.32 Å². The monoisotopic (exact) mass is 464 g/mol. The lowest BCUT2D eigenvalue weighted by Gasteiger charge is -2.03. The van der Waals surface area contributed by atoms with Crippen molar-refractivity contribution >= 4 is 57.2 Å². The van der Waals surface area contributed by atoms with Crippen LogP contribution in [0, 0.1) is 17.4 Å². The van der Waals surface area contributed by atoms with Gasteiger partial charge in [-0.1, -0.05) is 23.8 Å². The van der Waals surface area contributed by atoms with Crippen molar-refractivity contribution in [2.75, 3.05) is 7.11 Å². The lowest BCUT2D eigenvalue weighted by molar-refractivity contribution is -0.115. The second-order valence-electron chi connectivity index (χ2n) is 5.67. The Balaban J connectivity index is 1.84. The molecule has 3 rings (SSSR count). The van der Waals surface area contributed by atoms with Gasteiger partial charge in [0.05, 0.1) is 21.3 Å². The number of nitrogens with one attached hydrogen (secondary N) is 1. The van der Waals surface area contributed by atoms with E-state index < -0.39 is 0 Å². The van der Waals surface area contributed by atoms with Gasteiger partial charge in [0.25, 0.3) is 5.91 Å². The van der Waals surface area contributed by atoms with E-state index in [2.05, 4.69) is 39.0 Å². The highest BCUT2D eigenvalue weighted by Gasteiger charge is 2.24. The third-order valence-corrected chi connectivity index (χ3v) is 5.45. The van der Waals surface area contributed by atoms with Crippen LogP contribution in [0.15, 0.2) is 46.3 Å². The van der Waals surface area contributed by atoms with Gasteiger partial charge in [0.1, 0.15) is 5.75 Å². The zero-order valence-electron chi connectivity index (χ0n) is 14.1. The Morgan fingerprint density at radius 1 is 1.20 bits per heavy atom. The van der Waals surface area contributed by atoms with Crippen LogP contribution in [0.4, 0.5) is 5.69 Å². The molecule has 0 saturated carbocycles. The number of carbonyl (C=O) groups excluding carboxylic acids is 1. The van der Waals surface area contributed by atoms with E-state index in [0.29, 0.717) is 10.1 Å². The molecule has 1 aliphatic rings. The van der Waals surface area contributed by atoms with Crippen molar-refractivity contribution in [1.29, 1.82) is 0 Å². The first kappa shape index (κ1) is 18.0. The van der Waals surface area contributed by atoms with E-state index in [4.69, 9.17) is 4.74 Å². The van der Waals surface area contributed by atoms with Crippen molar-refractivity contribution < 1.29 is 9.53 Å². The number of thioether (sulfide) groups is 1. The number of aryl methyl sites for hydroxylation is 2. The number of aliphatic imine (C=N–C) groups is 1. The van der Waals surface area contributed by atoms with Crippen LogP contribution in [-0.4, -0.2) is 18.2 Å². The highest BCUT2D eigenvalue weighted by atomic mass is 127. The van der Waals surface area contributed by atoms with Gasteiger partial charge in [0, 0.05) is 0 Å². The third kappa shape index (κ3) is 4.24. The van der Waals surface area contributed by atoms with Crippen molar-refractivity contribution in [3.8, 4) is 5.75 Å². The lowest BCUT2D eigenvalue weighted by Crippen LogP contribution is -2.19. The fourth-order valence-electron chi connectivity index (χ4n) is 2.44. The summed E-state index contributed by atoms with van der Waals surface area (Å²) in [6.45, 7) is 4.07. The van der Waals surface area contributed by atoms with E-state index in [0.717, 1.165) is 26.1 Å². The molecule has 0 atom stereocenters. The van der Waals surface area contributed by atoms with Crippen molar-refractivity contribution in [2.24, 2.45) is 4.99 Å². The number of rotatable bonds is 3. The summed E-state index contributed by atoms with van der Waals surface area (Å²) in [5, 5.41) is 3.43. The Labute approximate surface area is 164 Å². The van der Waals surface area contributed by atoms with Gasteiger partial charge in [-0.15, -0.1) is 0 Å². The standard InChI is InChI=1S/C19H17IN2O2S/c1-11-4-6-15(12(2)8-11)21-19-22-18(23)17(25-19)10-13-5-7-16(24-3)14(20)9-13/h4-10H,1-3H3,(H,21,22,23)/b17-10+. The van der Waals surface area contributed by atoms with Gasteiger partial charge >= 0.3 is 0 Å². The van der Waals surface area contributed by atoms with Crippen LogP contribution in [0.3, 0.4) is 0 Å². The van der Waals surface area contributed by atoms with Crippen LogP contribution >= 0.6 is 34.4 Å². The first-order chi connectivity index (χ1) is 12.0. The van der Waals surface area contributed by atoms with E-state index in [-0.39, 0.29) is 5.91 Å². The second-order valence-corrected chi connectivity index (χ2v) is 7.86. The molecule has 1 saturated heterocycles. The molecular formula is C19H17IN2O2S. The van der Waals surface area contributed by atoms with Crippen LogP contribution < -0.4 is 10.1 Å². The zero-order valence-corrected chi connectivity index (χ0v) is 17.1. The Morgan fingerprint density at radius 3 is 2.68 bits per heavy atom. The number of carbonyl (C=O) groups is 1. The number of nitrogens with zero attached hydrogens (tertiary/aromatic N) is 1. The number of amides is 1. The Morgan fingerprint density at radius 2 is 2.00 bits per heavy atom. The summed E-state index contributed by atoms with van der Waals surface area (Å²) in [6.07, 6.45) is 1.87. The molecule has 25 heavy (non-hydrogen) atoms. The molecule has 2 aromatic rings. The van der Waals surface area contributed by atoms with Crippen molar-refractivity contribution in [3.05, 3.63) is 61.6 Å². The number of halogens is 1. The lowest BCUT2D eigenvalue weighted by atomic mass is 10.1. The molecule has 0 aromatic heterocycles. The molecule has 1 fully saturated rings. The number of hydrogen-bond acceptors (Lipinski definition) is 4. The number of benzene rings is 2. The van der Waals surface area contributed by atoms with Crippen LogP contribution in [-0.2, 0) is 4.79 Å². The summed E-state index contributed by atoms with van der Waals surface area (Å²) in [5.74, 6) is 0.697. The minimum absolute atomic E-state index is 0.126. The molecule has 0 aliphatic carbocycles. The molecule has 0 bridgehead atoms. The normalized spacial score (nSPS) is 17.2. The molecule has 1 amide bonds. The molecular weight excluding hydrogens is 447 g/mol. The van der Waals surface area contributed by atoms with Gasteiger partial charge in [-0.05, 0) is 83.6 Å². The van der Waals surface area contributed by atoms with E-state index in [1.54, 1.807) is 7.11 Å². The first-order valence-electron chi connectivity index (χ1n) is 7.66. The summed E-state index contributed by atoms with van der Waals surface area (Å²) in [4.78, 5) is 17.4. The maximum absolute atomic E-state index is 12.2. The predicted molar refractivity (Wildman–Crippen MR) is 112 cm³/mol. The maximum atomic E-state index is 12.2. The Kier molecular flexibility index (Phi) is 5.48. The van der Waals surface area contributed by atoms with Crippen LogP contribution in [0.2, 0.25) is 0 Å². The van der Waals surface area contributed by atoms with E-state index in [9.17, 15) is 4.79 Å². The first-order valence-corrected chi connectivity index (χ1v) is 9.56. The second kappa shape index (κ2) is 7.61. The summed E-state index contributed by atoms with van der Waals surface area (Å²) < 4.78 is 6.26. The van der Waals surface area contributed by atoms with Crippen molar-refractivity contribution in [3.63, 3.8) is 0 Å². The topological polar surface area (TPSA) is 50.7 Å². The highest BCUT2D eigenvalue weighted by molar-refractivity contribution is 14.1. The molecule has 0 spiro atoms. The minimum Gasteiger partial charge on any atom is -0.496 e. The van der Waals surface area contributed by atoms with Gasteiger partial charge in [-0.2, -0.15) is 0 Å². The van der Waals surface area contributed by atoms with E-state index >= 15 is 0 Å². The molecule has 0 radical (unpaired) electrons. The summed E-state index contributed by atoms with van der Waals surface area (Å²) in [6, 6.07) is 11.9. The quantitative estimate of drug-likeness (QED) is 0.524. The van der Waals surface area contributed by atoms with Gasteiger partial charge in [0.15, 0.2) is 5.17 Å². The molecule has 4 nitrogen and oxygen atoms in total.